The second-order valence-corrected chi connectivity index (χ2v) is 9.84. The maximum atomic E-state index is 4.94. The minimum Gasteiger partial charge on any atom is -0.269 e. The average molecular weight is 374 g/mol. The Morgan fingerprint density at radius 1 is 0.808 bits per heavy atom. The summed E-state index contributed by atoms with van der Waals surface area (Å²) in [5.41, 5.74) is 1.14. The molecule has 2 fully saturated rings. The van der Waals surface area contributed by atoms with E-state index >= 15 is 0 Å². The minimum atomic E-state index is 0.818. The van der Waals surface area contributed by atoms with Crippen molar-refractivity contribution in [3.63, 3.8) is 0 Å². The van der Waals surface area contributed by atoms with Crippen molar-refractivity contribution < 1.29 is 0 Å². The van der Waals surface area contributed by atoms with Gasteiger partial charge in [0.2, 0.25) is 0 Å². The molecule has 0 saturated heterocycles. The number of fused-ring (bicyclic) bond motifs is 1. The largest absolute Gasteiger partial charge is 0.269 e. The first-order valence-electron chi connectivity index (χ1n) is 11.2. The molecule has 0 aliphatic heterocycles. The summed E-state index contributed by atoms with van der Waals surface area (Å²) in [7, 11) is 0. The lowest BCUT2D eigenvalue weighted by Crippen LogP contribution is -2.12. The molecule has 4 heteroatoms. The molecule has 2 aliphatic carbocycles. The van der Waals surface area contributed by atoms with Gasteiger partial charge in [-0.1, -0.05) is 88.4 Å². The normalized spacial score (nSPS) is 22.0. The maximum Gasteiger partial charge on any atom is 0.165 e. The smallest absolute Gasteiger partial charge is 0.165 e. The van der Waals surface area contributed by atoms with E-state index in [0.717, 1.165) is 28.7 Å². The van der Waals surface area contributed by atoms with Gasteiger partial charge in [-0.3, -0.25) is 4.68 Å². The predicted octanol–water partition coefficient (Wildman–Crippen LogP) is 6.76. The van der Waals surface area contributed by atoms with Gasteiger partial charge in [0.25, 0.3) is 0 Å². The Morgan fingerprint density at radius 3 is 2.00 bits per heavy atom. The van der Waals surface area contributed by atoms with Gasteiger partial charge in [0.05, 0.1) is 11.2 Å². The van der Waals surface area contributed by atoms with E-state index in [4.69, 9.17) is 10.1 Å². The summed E-state index contributed by atoms with van der Waals surface area (Å²) in [6.45, 7) is 1.10. The van der Waals surface area contributed by atoms with E-state index in [9.17, 15) is 0 Å². The van der Waals surface area contributed by atoms with Crippen LogP contribution in [0, 0.1) is 11.8 Å². The Balaban J connectivity index is 1.35. The van der Waals surface area contributed by atoms with E-state index < -0.39 is 0 Å². The lowest BCUT2D eigenvalue weighted by molar-refractivity contribution is 0.327. The lowest BCUT2D eigenvalue weighted by atomic mass is 9.89. The van der Waals surface area contributed by atoms with Crippen LogP contribution >= 0.6 is 11.3 Å². The van der Waals surface area contributed by atoms with Gasteiger partial charge in [0, 0.05) is 13.0 Å². The second-order valence-electron chi connectivity index (χ2n) is 8.78. The van der Waals surface area contributed by atoms with Gasteiger partial charge >= 0.3 is 0 Å². The number of aromatic nitrogens is 3. The molecule has 3 nitrogen and oxygen atoms in total. The number of hydrogen-bond acceptors (Lipinski definition) is 3. The van der Waals surface area contributed by atoms with Crippen LogP contribution in [0.2, 0.25) is 0 Å². The van der Waals surface area contributed by atoms with Crippen LogP contribution < -0.4 is 0 Å². The van der Waals surface area contributed by atoms with E-state index in [0.29, 0.717) is 0 Å². The van der Waals surface area contributed by atoms with Crippen LogP contribution in [-0.4, -0.2) is 14.8 Å². The molecule has 2 saturated carbocycles. The fraction of sp³-hybridized carbons (Fsp3) is 0.818. The first-order valence-corrected chi connectivity index (χ1v) is 12.0. The van der Waals surface area contributed by atoms with Crippen molar-refractivity contribution in [1.29, 1.82) is 0 Å². The molecular formula is C22H35N3S. The first-order chi connectivity index (χ1) is 12.9. The Kier molecular flexibility index (Phi) is 6.63. The third-order valence-corrected chi connectivity index (χ3v) is 7.51. The van der Waals surface area contributed by atoms with Crippen molar-refractivity contribution in [3.8, 4) is 0 Å². The summed E-state index contributed by atoms with van der Waals surface area (Å²) >= 11 is 1.85. The van der Waals surface area contributed by atoms with E-state index in [1.165, 1.54) is 101 Å². The summed E-state index contributed by atoms with van der Waals surface area (Å²) in [4.78, 5) is 6.11. The second kappa shape index (κ2) is 9.34. The minimum absolute atomic E-state index is 0.818. The van der Waals surface area contributed by atoms with Gasteiger partial charge < -0.3 is 0 Å². The van der Waals surface area contributed by atoms with E-state index in [-0.39, 0.29) is 0 Å². The summed E-state index contributed by atoms with van der Waals surface area (Å²) < 4.78 is 2.19. The zero-order valence-electron chi connectivity index (χ0n) is 16.3. The zero-order chi connectivity index (χ0) is 17.6. The van der Waals surface area contributed by atoms with Crippen molar-refractivity contribution in [3.05, 3.63) is 11.2 Å². The number of rotatable bonds is 4. The highest BCUT2D eigenvalue weighted by Crippen LogP contribution is 2.29. The zero-order valence-corrected chi connectivity index (χ0v) is 17.1. The summed E-state index contributed by atoms with van der Waals surface area (Å²) in [5.74, 6) is 1.67. The lowest BCUT2D eigenvalue weighted by Gasteiger charge is -2.19. The topological polar surface area (TPSA) is 30.7 Å². The standard InChI is InChI=1S/C22H35N3S/c1-3-7-11-18(12-8-4-1)15-21-23-20-17-25(24-22(20)26-21)16-19-13-9-5-2-6-10-14-19/h17-19H,1-16H2. The molecule has 0 atom stereocenters. The molecule has 2 aromatic rings. The summed E-state index contributed by atoms with van der Waals surface area (Å²) in [6.07, 6.45) is 23.2. The fourth-order valence-corrected chi connectivity index (χ4v) is 6.01. The van der Waals surface area contributed by atoms with Crippen molar-refractivity contribution in [2.24, 2.45) is 11.8 Å². The van der Waals surface area contributed by atoms with Crippen LogP contribution in [0.1, 0.15) is 94.9 Å². The van der Waals surface area contributed by atoms with Gasteiger partial charge in [-0.2, -0.15) is 5.10 Å². The monoisotopic (exact) mass is 373 g/mol. The molecule has 0 spiro atoms. The SMILES string of the molecule is c1c2nc(CC3CCCCCCC3)sc2nn1CC1CCCCCCC1. The molecule has 0 N–H and O–H groups in total. The van der Waals surface area contributed by atoms with Crippen LogP contribution in [0.3, 0.4) is 0 Å². The molecule has 0 unspecified atom stereocenters. The van der Waals surface area contributed by atoms with Crippen molar-refractivity contribution in [1.82, 2.24) is 14.8 Å². The van der Waals surface area contributed by atoms with Crippen LogP contribution in [0.5, 0.6) is 0 Å². The molecule has 0 radical (unpaired) electrons. The first kappa shape index (κ1) is 18.5. The van der Waals surface area contributed by atoms with E-state index in [1.807, 2.05) is 11.3 Å². The Hall–Kier alpha value is -0.900. The summed E-state index contributed by atoms with van der Waals surface area (Å²) in [5, 5.41) is 6.21. The maximum absolute atomic E-state index is 4.94. The predicted molar refractivity (Wildman–Crippen MR) is 111 cm³/mol. The van der Waals surface area contributed by atoms with E-state index in [1.54, 1.807) is 0 Å². The Morgan fingerprint density at radius 2 is 1.38 bits per heavy atom. The van der Waals surface area contributed by atoms with Gasteiger partial charge in [0.1, 0.15) is 5.52 Å². The Bertz CT molecular complexity index is 573. The molecule has 4 rings (SSSR count). The average Bonchev–Trinajstić information content (AvgIpc) is 3.10. The van der Waals surface area contributed by atoms with E-state index in [2.05, 4.69) is 10.9 Å². The number of hydrogen-bond donors (Lipinski definition) is 0. The number of nitrogens with zero attached hydrogens (tertiary/aromatic N) is 3. The van der Waals surface area contributed by atoms with Gasteiger partial charge in [-0.05, 0) is 24.7 Å². The molecule has 2 aliphatic rings. The molecule has 2 heterocycles. The molecule has 144 valence electrons. The molecule has 26 heavy (non-hydrogen) atoms. The van der Waals surface area contributed by atoms with Gasteiger partial charge in [-0.15, -0.1) is 0 Å². The van der Waals surface area contributed by atoms with Gasteiger partial charge in [0.15, 0.2) is 4.83 Å². The third kappa shape index (κ3) is 5.09. The van der Waals surface area contributed by atoms with Crippen molar-refractivity contribution in [2.45, 2.75) is 103 Å². The highest BCUT2D eigenvalue weighted by Gasteiger charge is 2.17. The summed E-state index contributed by atoms with van der Waals surface area (Å²) in [6, 6.07) is 0. The molecule has 0 amide bonds. The third-order valence-electron chi connectivity index (χ3n) is 6.53. The van der Waals surface area contributed by atoms with Crippen LogP contribution in [0.15, 0.2) is 6.20 Å². The molecule has 2 aromatic heterocycles. The van der Waals surface area contributed by atoms with Crippen LogP contribution in [-0.2, 0) is 13.0 Å². The Labute approximate surface area is 162 Å². The van der Waals surface area contributed by atoms with Crippen molar-refractivity contribution >= 4 is 21.7 Å². The van der Waals surface area contributed by atoms with Crippen LogP contribution in [0.4, 0.5) is 0 Å². The van der Waals surface area contributed by atoms with Crippen LogP contribution in [0.25, 0.3) is 10.3 Å². The molecular weight excluding hydrogens is 338 g/mol. The van der Waals surface area contributed by atoms with Gasteiger partial charge in [-0.25, -0.2) is 4.98 Å². The fourth-order valence-electron chi connectivity index (χ4n) is 4.97. The van der Waals surface area contributed by atoms with Crippen molar-refractivity contribution in [2.75, 3.05) is 0 Å². The quantitative estimate of drug-likeness (QED) is 0.593. The molecule has 0 aromatic carbocycles. The molecule has 0 bridgehead atoms. The highest BCUT2D eigenvalue weighted by atomic mass is 32.1. The number of thiazole rings is 1. The highest BCUT2D eigenvalue weighted by molar-refractivity contribution is 7.18.